The highest BCUT2D eigenvalue weighted by Crippen LogP contribution is 2.32. The zero-order valence-corrected chi connectivity index (χ0v) is 10.8. The summed E-state index contributed by atoms with van der Waals surface area (Å²) >= 11 is 0. The van der Waals surface area contributed by atoms with Gasteiger partial charge in [0.25, 0.3) is 0 Å². The second-order valence-electron chi connectivity index (χ2n) is 4.69. The SMILES string of the molecule is O=C(O)[C@@H]1Cc2ccc(OCc3ccccc3)cc2O1. The lowest BCUT2D eigenvalue weighted by Gasteiger charge is -2.08. The fourth-order valence-electron chi connectivity index (χ4n) is 2.18. The molecule has 0 saturated heterocycles. The van der Waals surface area contributed by atoms with Gasteiger partial charge < -0.3 is 14.6 Å². The van der Waals surface area contributed by atoms with Gasteiger partial charge in [-0.15, -0.1) is 0 Å². The third-order valence-corrected chi connectivity index (χ3v) is 3.24. The highest BCUT2D eigenvalue weighted by atomic mass is 16.5. The number of ether oxygens (including phenoxy) is 2. The molecule has 2 aromatic carbocycles. The quantitative estimate of drug-likeness (QED) is 0.928. The first-order valence-corrected chi connectivity index (χ1v) is 6.41. The molecule has 0 unspecified atom stereocenters. The van der Waals surface area contributed by atoms with E-state index in [1.54, 1.807) is 6.07 Å². The number of carboxylic acid groups (broad SMARTS) is 1. The van der Waals surface area contributed by atoms with E-state index in [0.29, 0.717) is 24.5 Å². The third-order valence-electron chi connectivity index (χ3n) is 3.24. The minimum absolute atomic E-state index is 0.406. The Morgan fingerprint density at radius 2 is 2.05 bits per heavy atom. The van der Waals surface area contributed by atoms with Crippen molar-refractivity contribution in [3.05, 3.63) is 59.7 Å². The number of fused-ring (bicyclic) bond motifs is 1. The van der Waals surface area contributed by atoms with Crippen LogP contribution >= 0.6 is 0 Å². The van der Waals surface area contributed by atoms with E-state index in [2.05, 4.69) is 0 Å². The number of carbonyl (C=O) groups is 1. The fraction of sp³-hybridized carbons (Fsp3) is 0.188. The predicted molar refractivity (Wildman–Crippen MR) is 73.0 cm³/mol. The smallest absolute Gasteiger partial charge is 0.345 e. The largest absolute Gasteiger partial charge is 0.489 e. The van der Waals surface area contributed by atoms with Crippen molar-refractivity contribution in [1.29, 1.82) is 0 Å². The molecule has 0 amide bonds. The molecule has 1 aliphatic heterocycles. The number of rotatable bonds is 4. The van der Waals surface area contributed by atoms with Crippen LogP contribution < -0.4 is 9.47 Å². The number of hydrogen-bond donors (Lipinski definition) is 1. The first-order chi connectivity index (χ1) is 9.72. The summed E-state index contributed by atoms with van der Waals surface area (Å²) in [5.74, 6) is 0.342. The lowest BCUT2D eigenvalue weighted by Crippen LogP contribution is -2.24. The molecule has 1 heterocycles. The van der Waals surface area contributed by atoms with Gasteiger partial charge >= 0.3 is 5.97 Å². The van der Waals surface area contributed by atoms with Gasteiger partial charge in [0, 0.05) is 12.5 Å². The van der Waals surface area contributed by atoms with Crippen LogP contribution in [0.4, 0.5) is 0 Å². The molecule has 0 radical (unpaired) electrons. The summed E-state index contributed by atoms with van der Waals surface area (Å²) < 4.78 is 11.1. The summed E-state index contributed by atoms with van der Waals surface area (Å²) in [6, 6.07) is 15.3. The molecule has 102 valence electrons. The Hall–Kier alpha value is -2.49. The van der Waals surface area contributed by atoms with Crippen LogP contribution in [0.25, 0.3) is 0 Å². The zero-order valence-electron chi connectivity index (χ0n) is 10.8. The Bertz CT molecular complexity index is 622. The van der Waals surface area contributed by atoms with Crippen molar-refractivity contribution < 1.29 is 19.4 Å². The Kier molecular flexibility index (Phi) is 3.29. The summed E-state index contributed by atoms with van der Waals surface area (Å²) in [4.78, 5) is 10.9. The molecule has 3 rings (SSSR count). The van der Waals surface area contributed by atoms with Crippen LogP contribution in [-0.4, -0.2) is 17.2 Å². The van der Waals surface area contributed by atoms with Gasteiger partial charge in [0.05, 0.1) is 0 Å². The molecular formula is C16H14O4. The van der Waals surface area contributed by atoms with Crippen LogP contribution in [0.1, 0.15) is 11.1 Å². The Balaban J connectivity index is 1.68. The van der Waals surface area contributed by atoms with E-state index in [1.807, 2.05) is 42.5 Å². The second kappa shape index (κ2) is 5.25. The van der Waals surface area contributed by atoms with Crippen molar-refractivity contribution in [3.63, 3.8) is 0 Å². The van der Waals surface area contributed by atoms with Crippen molar-refractivity contribution in [2.24, 2.45) is 0 Å². The normalized spacial score (nSPS) is 16.3. The molecule has 0 spiro atoms. The van der Waals surface area contributed by atoms with Crippen molar-refractivity contribution in [1.82, 2.24) is 0 Å². The molecule has 1 N–H and O–H groups in total. The van der Waals surface area contributed by atoms with Crippen LogP contribution in [0.5, 0.6) is 11.5 Å². The molecule has 0 aliphatic carbocycles. The van der Waals surface area contributed by atoms with E-state index in [0.717, 1.165) is 11.1 Å². The molecule has 2 aromatic rings. The molecule has 20 heavy (non-hydrogen) atoms. The molecule has 4 heteroatoms. The average molecular weight is 270 g/mol. The second-order valence-corrected chi connectivity index (χ2v) is 4.69. The lowest BCUT2D eigenvalue weighted by atomic mass is 10.1. The maximum atomic E-state index is 10.9. The molecule has 4 nitrogen and oxygen atoms in total. The van der Waals surface area contributed by atoms with Crippen LogP contribution in [0.3, 0.4) is 0 Å². The summed E-state index contributed by atoms with van der Waals surface area (Å²) in [6.07, 6.45) is -0.377. The third kappa shape index (κ3) is 2.59. The number of benzene rings is 2. The van der Waals surface area contributed by atoms with E-state index in [-0.39, 0.29) is 0 Å². The standard InChI is InChI=1S/C16H14O4/c17-16(18)15-8-12-6-7-13(9-14(12)20-15)19-10-11-4-2-1-3-5-11/h1-7,9,15H,8,10H2,(H,17,18)/t15-/m0/s1. The first-order valence-electron chi connectivity index (χ1n) is 6.41. The number of carboxylic acids is 1. The zero-order chi connectivity index (χ0) is 13.9. The summed E-state index contributed by atoms with van der Waals surface area (Å²) in [6.45, 7) is 0.474. The van der Waals surface area contributed by atoms with E-state index in [1.165, 1.54) is 0 Å². The Morgan fingerprint density at radius 1 is 1.25 bits per heavy atom. The van der Waals surface area contributed by atoms with Gasteiger partial charge in [-0.3, -0.25) is 0 Å². The van der Waals surface area contributed by atoms with Gasteiger partial charge in [-0.05, 0) is 17.2 Å². The number of hydrogen-bond acceptors (Lipinski definition) is 3. The molecule has 1 atom stereocenters. The minimum Gasteiger partial charge on any atom is -0.489 e. The molecule has 0 fully saturated rings. The highest BCUT2D eigenvalue weighted by Gasteiger charge is 2.28. The molecule has 0 bridgehead atoms. The Labute approximate surface area is 116 Å². The van der Waals surface area contributed by atoms with Crippen molar-refractivity contribution in [3.8, 4) is 11.5 Å². The first kappa shape index (κ1) is 12.5. The Morgan fingerprint density at radius 3 is 2.80 bits per heavy atom. The van der Waals surface area contributed by atoms with Gasteiger partial charge in [0.2, 0.25) is 0 Å². The summed E-state index contributed by atoms with van der Waals surface area (Å²) in [5, 5.41) is 8.95. The summed E-state index contributed by atoms with van der Waals surface area (Å²) in [5.41, 5.74) is 1.99. The van der Waals surface area contributed by atoms with Crippen LogP contribution in [0.2, 0.25) is 0 Å². The summed E-state index contributed by atoms with van der Waals surface area (Å²) in [7, 11) is 0. The molecule has 0 saturated carbocycles. The van der Waals surface area contributed by atoms with Crippen LogP contribution in [0.15, 0.2) is 48.5 Å². The average Bonchev–Trinajstić information content (AvgIpc) is 2.89. The van der Waals surface area contributed by atoms with E-state index < -0.39 is 12.1 Å². The van der Waals surface area contributed by atoms with E-state index in [4.69, 9.17) is 14.6 Å². The van der Waals surface area contributed by atoms with Gasteiger partial charge in [-0.2, -0.15) is 0 Å². The lowest BCUT2D eigenvalue weighted by molar-refractivity contribution is -0.144. The van der Waals surface area contributed by atoms with Crippen molar-refractivity contribution in [2.45, 2.75) is 19.1 Å². The van der Waals surface area contributed by atoms with Gasteiger partial charge in [-0.25, -0.2) is 4.79 Å². The minimum atomic E-state index is -0.937. The van der Waals surface area contributed by atoms with E-state index >= 15 is 0 Å². The van der Waals surface area contributed by atoms with Crippen LogP contribution in [-0.2, 0) is 17.8 Å². The van der Waals surface area contributed by atoms with Crippen LogP contribution in [0, 0.1) is 0 Å². The monoisotopic (exact) mass is 270 g/mol. The van der Waals surface area contributed by atoms with Gasteiger partial charge in [0.15, 0.2) is 6.10 Å². The predicted octanol–water partition coefficient (Wildman–Crippen LogP) is 2.65. The molecular weight excluding hydrogens is 256 g/mol. The molecule has 0 aromatic heterocycles. The molecule has 1 aliphatic rings. The fourth-order valence-corrected chi connectivity index (χ4v) is 2.18. The van der Waals surface area contributed by atoms with Crippen molar-refractivity contribution >= 4 is 5.97 Å². The topological polar surface area (TPSA) is 55.8 Å². The maximum absolute atomic E-state index is 10.9. The van der Waals surface area contributed by atoms with Crippen molar-refractivity contribution in [2.75, 3.05) is 0 Å². The van der Waals surface area contributed by atoms with E-state index in [9.17, 15) is 4.79 Å². The van der Waals surface area contributed by atoms with Gasteiger partial charge in [0.1, 0.15) is 18.1 Å². The number of aliphatic carboxylic acids is 1. The maximum Gasteiger partial charge on any atom is 0.345 e. The van der Waals surface area contributed by atoms with Gasteiger partial charge in [-0.1, -0.05) is 36.4 Å². The highest BCUT2D eigenvalue weighted by molar-refractivity contribution is 5.74.